The fourth-order valence-corrected chi connectivity index (χ4v) is 7.26. The maximum Gasteiger partial charge on any atom is 0.128 e. The van der Waals surface area contributed by atoms with Crippen LogP contribution in [0.25, 0.3) is 0 Å². The van der Waals surface area contributed by atoms with Crippen molar-refractivity contribution < 1.29 is 5.11 Å². The number of phenolic OH excluding ortho intramolecular Hbond substituents is 1. The molecule has 1 N–H and O–H groups in total. The van der Waals surface area contributed by atoms with E-state index in [4.69, 9.17) is 4.99 Å². The van der Waals surface area contributed by atoms with Gasteiger partial charge in [-0.05, 0) is 86.7 Å². The lowest BCUT2D eigenvalue weighted by Crippen LogP contribution is -2.48. The molecule has 5 saturated carbocycles. The Morgan fingerprint density at radius 3 is 2.14 bits per heavy atom. The van der Waals surface area contributed by atoms with Crippen molar-refractivity contribution in [2.75, 3.05) is 19.0 Å². The molecule has 0 aromatic heterocycles. The third-order valence-corrected chi connectivity index (χ3v) is 8.25. The molecule has 0 atom stereocenters. The van der Waals surface area contributed by atoms with E-state index in [0.717, 1.165) is 23.3 Å². The van der Waals surface area contributed by atoms with E-state index in [0.29, 0.717) is 11.8 Å². The maximum atomic E-state index is 11.4. The molecule has 0 radical (unpaired) electrons. The molecule has 0 aliphatic heterocycles. The predicted molar refractivity (Wildman–Crippen MR) is 117 cm³/mol. The number of nitrogens with zero attached hydrogens (tertiary/aromatic N) is 2. The Morgan fingerprint density at radius 2 is 1.57 bits per heavy atom. The van der Waals surface area contributed by atoms with Crippen molar-refractivity contribution in [3.63, 3.8) is 0 Å². The molecule has 3 heteroatoms. The number of hydrogen-bond acceptors (Lipinski definition) is 3. The molecule has 0 amide bonds. The van der Waals surface area contributed by atoms with Crippen LogP contribution in [0.1, 0.15) is 81.8 Å². The van der Waals surface area contributed by atoms with Crippen LogP contribution in [-0.4, -0.2) is 31.5 Å². The van der Waals surface area contributed by atoms with Gasteiger partial charge in [-0.2, -0.15) is 0 Å². The summed E-state index contributed by atoms with van der Waals surface area (Å²) in [5.74, 6) is 3.17. The van der Waals surface area contributed by atoms with Crippen LogP contribution < -0.4 is 4.90 Å². The first-order valence-electron chi connectivity index (χ1n) is 11.6. The summed E-state index contributed by atoms with van der Waals surface area (Å²) in [6.45, 7) is 0. The van der Waals surface area contributed by atoms with E-state index >= 15 is 0 Å². The Morgan fingerprint density at radius 1 is 0.964 bits per heavy atom. The summed E-state index contributed by atoms with van der Waals surface area (Å²) < 4.78 is 0. The summed E-state index contributed by atoms with van der Waals surface area (Å²) in [7, 11) is 4.22. The lowest BCUT2D eigenvalue weighted by Gasteiger charge is -2.57. The minimum absolute atomic E-state index is 0.207. The van der Waals surface area contributed by atoms with Gasteiger partial charge in [0.15, 0.2) is 0 Å². The van der Waals surface area contributed by atoms with Crippen molar-refractivity contribution in [3.05, 3.63) is 23.3 Å². The first-order chi connectivity index (χ1) is 13.5. The summed E-state index contributed by atoms with van der Waals surface area (Å²) in [6.07, 6.45) is 16.5. The Labute approximate surface area is 170 Å². The fourth-order valence-electron chi connectivity index (χ4n) is 7.26. The monoisotopic (exact) mass is 380 g/mol. The van der Waals surface area contributed by atoms with Crippen LogP contribution in [0.15, 0.2) is 17.1 Å². The molecule has 1 aromatic rings. The second-order valence-electron chi connectivity index (χ2n) is 10.6. The van der Waals surface area contributed by atoms with Crippen LogP contribution in [0.2, 0.25) is 0 Å². The van der Waals surface area contributed by atoms with E-state index in [1.807, 2.05) is 6.21 Å². The summed E-state index contributed by atoms with van der Waals surface area (Å²) in [5.41, 5.74) is 3.57. The van der Waals surface area contributed by atoms with Gasteiger partial charge in [0, 0.05) is 43.2 Å². The molecule has 0 saturated heterocycles. The Hall–Kier alpha value is -1.51. The van der Waals surface area contributed by atoms with Crippen LogP contribution in [0, 0.1) is 17.8 Å². The van der Waals surface area contributed by atoms with Crippen LogP contribution >= 0.6 is 0 Å². The zero-order valence-electron chi connectivity index (χ0n) is 17.7. The zero-order valence-corrected chi connectivity index (χ0v) is 17.7. The Balaban J connectivity index is 1.52. The molecule has 6 rings (SSSR count). The van der Waals surface area contributed by atoms with Gasteiger partial charge in [-0.3, -0.25) is 4.99 Å². The van der Waals surface area contributed by atoms with Crippen LogP contribution in [0.5, 0.6) is 5.75 Å². The van der Waals surface area contributed by atoms with E-state index in [2.05, 4.69) is 31.1 Å². The number of phenols is 1. The Bertz CT molecular complexity index is 725. The van der Waals surface area contributed by atoms with Crippen LogP contribution in [0.4, 0.5) is 5.69 Å². The van der Waals surface area contributed by atoms with E-state index in [1.54, 1.807) is 0 Å². The molecule has 5 aliphatic rings. The smallest absolute Gasteiger partial charge is 0.128 e. The second kappa shape index (κ2) is 7.07. The van der Waals surface area contributed by atoms with Crippen molar-refractivity contribution in [2.24, 2.45) is 22.7 Å². The summed E-state index contributed by atoms with van der Waals surface area (Å²) in [4.78, 5) is 7.08. The van der Waals surface area contributed by atoms with Crippen molar-refractivity contribution in [3.8, 4) is 5.75 Å². The van der Waals surface area contributed by atoms with E-state index in [1.165, 1.54) is 81.9 Å². The van der Waals surface area contributed by atoms with Gasteiger partial charge in [0.05, 0.1) is 0 Å². The first-order valence-corrected chi connectivity index (χ1v) is 11.6. The van der Waals surface area contributed by atoms with Gasteiger partial charge in [0.25, 0.3) is 0 Å². The fraction of sp³-hybridized carbons (Fsp3) is 0.720. The number of aliphatic imine (C=N–C) groups is 1. The van der Waals surface area contributed by atoms with Gasteiger partial charge in [0.1, 0.15) is 5.75 Å². The molecule has 0 heterocycles. The topological polar surface area (TPSA) is 35.8 Å². The molecule has 5 aliphatic carbocycles. The highest BCUT2D eigenvalue weighted by Crippen LogP contribution is 2.62. The third kappa shape index (κ3) is 3.25. The van der Waals surface area contributed by atoms with Gasteiger partial charge in [-0.1, -0.05) is 19.3 Å². The van der Waals surface area contributed by atoms with Crippen molar-refractivity contribution in [1.82, 2.24) is 0 Å². The molecule has 1 aromatic carbocycles. The number of rotatable bonds is 4. The average Bonchev–Trinajstić information content (AvgIpc) is 2.66. The lowest BCUT2D eigenvalue weighted by atomic mass is 9.48. The highest BCUT2D eigenvalue weighted by molar-refractivity contribution is 5.86. The quantitative estimate of drug-likeness (QED) is 0.682. The molecule has 28 heavy (non-hydrogen) atoms. The van der Waals surface area contributed by atoms with Gasteiger partial charge in [-0.25, -0.2) is 0 Å². The number of benzene rings is 1. The van der Waals surface area contributed by atoms with E-state index in [-0.39, 0.29) is 5.41 Å². The minimum atomic E-state index is 0.207. The van der Waals surface area contributed by atoms with Crippen molar-refractivity contribution >= 4 is 11.9 Å². The average molecular weight is 381 g/mol. The number of aromatic hydroxyl groups is 1. The van der Waals surface area contributed by atoms with Crippen molar-refractivity contribution in [2.45, 2.75) is 82.1 Å². The SMILES string of the molecule is CN(C)c1cc(C=NC2CCCCC2)c(O)c(C23CC4CC(CC(C4)C2)C3)c1. The molecule has 0 spiro atoms. The largest absolute Gasteiger partial charge is 0.507 e. The molecule has 5 fully saturated rings. The second-order valence-corrected chi connectivity index (χ2v) is 10.6. The zero-order chi connectivity index (χ0) is 19.3. The predicted octanol–water partition coefficient (Wildman–Crippen LogP) is 5.68. The van der Waals surface area contributed by atoms with Crippen molar-refractivity contribution in [1.29, 1.82) is 0 Å². The third-order valence-electron chi connectivity index (χ3n) is 8.25. The molecular weight excluding hydrogens is 344 g/mol. The molecule has 152 valence electrons. The normalized spacial score (nSPS) is 35.0. The van der Waals surface area contributed by atoms with E-state index < -0.39 is 0 Å². The molecule has 0 unspecified atom stereocenters. The molecule has 3 nitrogen and oxygen atoms in total. The van der Waals surface area contributed by atoms with Gasteiger partial charge < -0.3 is 10.0 Å². The summed E-state index contributed by atoms with van der Waals surface area (Å²) in [6, 6.07) is 4.87. The summed E-state index contributed by atoms with van der Waals surface area (Å²) in [5, 5.41) is 11.4. The highest BCUT2D eigenvalue weighted by atomic mass is 16.3. The standard InChI is InChI=1S/C25H36N2O/c1-27(2)22-11-20(16-26-21-6-4-3-5-7-21)24(28)23(12-22)25-13-17-8-18(14-25)10-19(9-17)15-25/h11-12,16-19,21,28H,3-10,13-15H2,1-2H3. The highest BCUT2D eigenvalue weighted by Gasteiger charge is 2.52. The van der Waals surface area contributed by atoms with Crippen LogP contribution in [-0.2, 0) is 5.41 Å². The first kappa shape index (κ1) is 18.5. The van der Waals surface area contributed by atoms with Gasteiger partial charge in [-0.15, -0.1) is 0 Å². The van der Waals surface area contributed by atoms with Crippen LogP contribution in [0.3, 0.4) is 0 Å². The lowest BCUT2D eigenvalue weighted by molar-refractivity contribution is -0.00612. The molecule has 4 bridgehead atoms. The Kier molecular flexibility index (Phi) is 4.68. The molecular formula is C25H36N2O. The number of anilines is 1. The minimum Gasteiger partial charge on any atom is -0.507 e. The maximum absolute atomic E-state index is 11.4. The summed E-state index contributed by atoms with van der Waals surface area (Å²) >= 11 is 0. The number of hydrogen-bond donors (Lipinski definition) is 1. The van der Waals surface area contributed by atoms with Gasteiger partial charge in [0.2, 0.25) is 0 Å². The van der Waals surface area contributed by atoms with Gasteiger partial charge >= 0.3 is 0 Å². The van der Waals surface area contributed by atoms with E-state index in [9.17, 15) is 5.11 Å².